The van der Waals surface area contributed by atoms with E-state index < -0.39 is 37.3 Å². The first-order valence-electron chi connectivity index (χ1n) is 12.3. The molecule has 4 rings (SSSR count). The summed E-state index contributed by atoms with van der Waals surface area (Å²) in [6, 6.07) is 10.5. The highest BCUT2D eigenvalue weighted by Gasteiger charge is 2.44. The van der Waals surface area contributed by atoms with Crippen molar-refractivity contribution >= 4 is 39.9 Å². The number of ether oxygens (including phenoxy) is 2. The van der Waals surface area contributed by atoms with E-state index >= 15 is 0 Å². The lowest BCUT2D eigenvalue weighted by atomic mass is 9.90. The molecular weight excluding hydrogens is 523 g/mol. The summed E-state index contributed by atoms with van der Waals surface area (Å²) in [5, 5.41) is 11.7. The van der Waals surface area contributed by atoms with Crippen LogP contribution in [0.1, 0.15) is 53.4 Å². The van der Waals surface area contributed by atoms with Gasteiger partial charge in [0.25, 0.3) is 5.91 Å². The van der Waals surface area contributed by atoms with Crippen LogP contribution in [-0.4, -0.2) is 43.0 Å². The van der Waals surface area contributed by atoms with Gasteiger partial charge in [-0.2, -0.15) is 13.2 Å². The van der Waals surface area contributed by atoms with Crippen molar-refractivity contribution in [3.8, 4) is 5.75 Å². The van der Waals surface area contributed by atoms with Crippen LogP contribution in [0.2, 0.25) is 5.02 Å². The van der Waals surface area contributed by atoms with Gasteiger partial charge in [0.2, 0.25) is 0 Å². The monoisotopic (exact) mass is 549 g/mol. The second-order valence-electron chi connectivity index (χ2n) is 8.94. The zero-order valence-corrected chi connectivity index (χ0v) is 21.7. The van der Waals surface area contributed by atoms with Crippen molar-refractivity contribution in [2.75, 3.05) is 24.7 Å². The fraction of sp³-hybridized carbons (Fsp3) is 0.357. The Balaban J connectivity index is 1.89. The Morgan fingerprint density at radius 2 is 1.84 bits per heavy atom. The molecule has 3 aromatic carbocycles. The maximum atomic E-state index is 14.0. The maximum absolute atomic E-state index is 14.0. The first-order chi connectivity index (χ1) is 18.1. The van der Waals surface area contributed by atoms with Gasteiger partial charge in [-0.05, 0) is 42.0 Å². The first-order valence-corrected chi connectivity index (χ1v) is 12.6. The van der Waals surface area contributed by atoms with E-state index in [1.54, 1.807) is 43.3 Å². The van der Waals surface area contributed by atoms with Gasteiger partial charge < -0.3 is 14.6 Å². The van der Waals surface area contributed by atoms with E-state index in [1.807, 2.05) is 6.92 Å². The Bertz CT molecular complexity index is 1370. The Morgan fingerprint density at radius 1 is 1.13 bits per heavy atom. The van der Waals surface area contributed by atoms with Gasteiger partial charge in [-0.3, -0.25) is 14.5 Å². The van der Waals surface area contributed by atoms with Crippen LogP contribution in [-0.2, 0) is 22.4 Å². The molecule has 1 atom stereocenters. The number of aliphatic hydroxyl groups is 1. The predicted octanol–water partition coefficient (Wildman–Crippen LogP) is 6.19. The number of nitrogens with zero attached hydrogens (tertiary/aromatic N) is 1. The van der Waals surface area contributed by atoms with Gasteiger partial charge in [-0.25, -0.2) is 0 Å². The quantitative estimate of drug-likeness (QED) is 0.322. The van der Waals surface area contributed by atoms with Crippen LogP contribution < -0.4 is 9.64 Å². The standard InChI is InChI=1S/C28H27ClF3NO5/c1-3-7-18-17-8-5-6-9-19(17)26(38-15-28(30,31)32)25-22(14-34)33(27(36)24(18)25)21-11-10-16(12-20(21)29)13-23(35)37-4-2/h5-6,8-12,22,34H,3-4,7,13-15H2,1-2H3. The molecule has 1 heterocycles. The van der Waals surface area contributed by atoms with Crippen LogP contribution in [0, 0.1) is 0 Å². The van der Waals surface area contributed by atoms with Crippen molar-refractivity contribution in [2.24, 2.45) is 0 Å². The molecule has 1 aliphatic rings. The van der Waals surface area contributed by atoms with Gasteiger partial charge >= 0.3 is 12.1 Å². The summed E-state index contributed by atoms with van der Waals surface area (Å²) in [4.78, 5) is 27.1. The summed E-state index contributed by atoms with van der Waals surface area (Å²) >= 11 is 6.56. The van der Waals surface area contributed by atoms with Crippen LogP contribution in [0.25, 0.3) is 10.8 Å². The van der Waals surface area contributed by atoms with Crippen LogP contribution in [0.3, 0.4) is 0 Å². The lowest BCUT2D eigenvalue weighted by Crippen LogP contribution is -2.30. The molecule has 10 heteroatoms. The van der Waals surface area contributed by atoms with Crippen LogP contribution in [0.5, 0.6) is 5.75 Å². The average Bonchev–Trinajstić information content (AvgIpc) is 3.15. The van der Waals surface area contributed by atoms with E-state index in [9.17, 15) is 27.9 Å². The van der Waals surface area contributed by atoms with Gasteiger partial charge in [0.05, 0.1) is 41.9 Å². The van der Waals surface area contributed by atoms with E-state index in [4.69, 9.17) is 21.1 Å². The fourth-order valence-electron chi connectivity index (χ4n) is 4.96. The third-order valence-electron chi connectivity index (χ3n) is 6.37. The molecule has 0 aliphatic carbocycles. The number of carbonyl (C=O) groups is 2. The van der Waals surface area contributed by atoms with Crippen molar-refractivity contribution in [3.05, 3.63) is 69.7 Å². The minimum absolute atomic E-state index is 0.0209. The number of alkyl halides is 3. The molecule has 0 aromatic heterocycles. The lowest BCUT2D eigenvalue weighted by molar-refractivity contribution is -0.153. The number of hydrogen-bond acceptors (Lipinski definition) is 5. The third-order valence-corrected chi connectivity index (χ3v) is 6.67. The van der Waals surface area contributed by atoms with E-state index in [0.717, 1.165) is 0 Å². The Labute approximate surface area is 222 Å². The molecule has 1 aliphatic heterocycles. The summed E-state index contributed by atoms with van der Waals surface area (Å²) in [5.74, 6) is -1.01. The zero-order valence-electron chi connectivity index (χ0n) is 20.9. The number of halogens is 4. The Hall–Kier alpha value is -3.30. The summed E-state index contributed by atoms with van der Waals surface area (Å²) in [6.07, 6.45) is -3.45. The molecular formula is C28H27ClF3NO5. The van der Waals surface area contributed by atoms with E-state index in [0.29, 0.717) is 34.7 Å². The zero-order chi connectivity index (χ0) is 27.6. The topological polar surface area (TPSA) is 76.1 Å². The number of hydrogen-bond donors (Lipinski definition) is 1. The molecule has 1 N–H and O–H groups in total. The van der Waals surface area contributed by atoms with Crippen molar-refractivity contribution in [2.45, 2.75) is 45.3 Å². The number of fused-ring (bicyclic) bond motifs is 2. The van der Waals surface area contributed by atoms with Crippen LogP contribution in [0.4, 0.5) is 18.9 Å². The molecule has 3 aromatic rings. The van der Waals surface area contributed by atoms with Crippen molar-refractivity contribution in [1.29, 1.82) is 0 Å². The van der Waals surface area contributed by atoms with Gasteiger partial charge in [0.15, 0.2) is 6.61 Å². The average molecular weight is 550 g/mol. The van der Waals surface area contributed by atoms with E-state index in [-0.39, 0.29) is 40.6 Å². The van der Waals surface area contributed by atoms with Crippen molar-refractivity contribution in [3.63, 3.8) is 0 Å². The molecule has 38 heavy (non-hydrogen) atoms. The lowest BCUT2D eigenvalue weighted by Gasteiger charge is -2.26. The number of benzene rings is 3. The predicted molar refractivity (Wildman–Crippen MR) is 138 cm³/mol. The molecule has 0 spiro atoms. The third kappa shape index (κ3) is 5.31. The fourth-order valence-corrected chi connectivity index (χ4v) is 5.25. The second kappa shape index (κ2) is 11.2. The molecule has 0 saturated heterocycles. The van der Waals surface area contributed by atoms with Crippen molar-refractivity contribution in [1.82, 2.24) is 0 Å². The molecule has 6 nitrogen and oxygen atoms in total. The highest BCUT2D eigenvalue weighted by atomic mass is 35.5. The minimum Gasteiger partial charge on any atom is -0.483 e. The second-order valence-corrected chi connectivity index (χ2v) is 9.34. The molecule has 0 bridgehead atoms. The largest absolute Gasteiger partial charge is 0.483 e. The Morgan fingerprint density at radius 3 is 2.45 bits per heavy atom. The summed E-state index contributed by atoms with van der Waals surface area (Å²) < 4.78 is 50.0. The molecule has 1 unspecified atom stereocenters. The normalized spacial score (nSPS) is 15.2. The minimum atomic E-state index is -4.61. The maximum Gasteiger partial charge on any atom is 0.422 e. The molecule has 202 valence electrons. The Kier molecular flexibility index (Phi) is 8.18. The first kappa shape index (κ1) is 27.7. The highest BCUT2D eigenvalue weighted by Crippen LogP contribution is 2.49. The highest BCUT2D eigenvalue weighted by molar-refractivity contribution is 6.34. The number of rotatable bonds is 9. The number of anilines is 1. The molecule has 0 saturated carbocycles. The van der Waals surface area contributed by atoms with Crippen LogP contribution in [0.15, 0.2) is 42.5 Å². The van der Waals surface area contributed by atoms with Crippen molar-refractivity contribution < 1.29 is 37.3 Å². The molecule has 1 amide bonds. The van der Waals surface area contributed by atoms with Gasteiger partial charge in [0, 0.05) is 10.9 Å². The van der Waals surface area contributed by atoms with E-state index in [2.05, 4.69) is 0 Å². The smallest absolute Gasteiger partial charge is 0.422 e. The molecule has 0 fully saturated rings. The number of aliphatic hydroxyl groups excluding tert-OH is 1. The van der Waals surface area contributed by atoms with Crippen LogP contribution >= 0.6 is 11.6 Å². The van der Waals surface area contributed by atoms with Gasteiger partial charge in [-0.1, -0.05) is 55.3 Å². The summed E-state index contributed by atoms with van der Waals surface area (Å²) in [7, 11) is 0. The number of esters is 1. The SMILES string of the molecule is CCCc1c2c(c(OCC(F)(F)F)c3ccccc13)C(CO)N(c1ccc(CC(=O)OCC)cc1Cl)C2=O. The van der Waals surface area contributed by atoms with E-state index in [1.165, 1.54) is 11.0 Å². The van der Waals surface area contributed by atoms with Gasteiger partial charge in [0.1, 0.15) is 5.75 Å². The van der Waals surface area contributed by atoms with Gasteiger partial charge in [-0.15, -0.1) is 0 Å². The number of amides is 1. The number of carbonyl (C=O) groups excluding carboxylic acids is 2. The summed E-state index contributed by atoms with van der Waals surface area (Å²) in [5.41, 5.74) is 1.92. The molecule has 0 radical (unpaired) electrons. The number of aryl methyl sites for hydroxylation is 1. The summed E-state index contributed by atoms with van der Waals surface area (Å²) in [6.45, 7) is 1.74.